The number of para-hydroxylation sites is 2. The van der Waals surface area contributed by atoms with Crippen LogP contribution in [0, 0.1) is 0 Å². The molecule has 55 heavy (non-hydrogen) atoms. The Kier molecular flexibility index (Phi) is 8.69. The third-order valence-corrected chi connectivity index (χ3v) is 11.8. The summed E-state index contributed by atoms with van der Waals surface area (Å²) in [5.74, 6) is 0.589. The maximum absolute atomic E-state index is 2.54. The molecular weight excluding hydrogens is 663 g/mol. The van der Waals surface area contributed by atoms with E-state index in [0.29, 0.717) is 5.92 Å². The van der Waals surface area contributed by atoms with Crippen LogP contribution in [0.3, 0.4) is 0 Å². The molecule has 0 unspecified atom stereocenters. The van der Waals surface area contributed by atoms with Gasteiger partial charge in [0.25, 0.3) is 0 Å². The van der Waals surface area contributed by atoms with Gasteiger partial charge in [0.1, 0.15) is 0 Å². The number of hydrogen-bond acceptors (Lipinski definition) is 1. The van der Waals surface area contributed by atoms with Gasteiger partial charge in [-0.25, -0.2) is 0 Å². The molecule has 0 radical (unpaired) electrons. The van der Waals surface area contributed by atoms with Crippen molar-refractivity contribution in [1.82, 2.24) is 0 Å². The molecule has 0 aromatic heterocycles. The van der Waals surface area contributed by atoms with Gasteiger partial charge >= 0.3 is 0 Å². The van der Waals surface area contributed by atoms with Crippen LogP contribution in [0.5, 0.6) is 0 Å². The van der Waals surface area contributed by atoms with Crippen molar-refractivity contribution in [3.8, 4) is 33.4 Å². The zero-order chi connectivity index (χ0) is 36.6. The van der Waals surface area contributed by atoms with Crippen molar-refractivity contribution in [2.24, 2.45) is 0 Å². The molecule has 0 aliphatic heterocycles. The second kappa shape index (κ2) is 14.4. The van der Waals surface area contributed by atoms with E-state index in [1.807, 2.05) is 0 Å². The highest BCUT2D eigenvalue weighted by molar-refractivity contribution is 6.11. The molecule has 0 amide bonds. The molecule has 0 heterocycles. The average Bonchev–Trinajstić information content (AvgIpc) is 3.27. The van der Waals surface area contributed by atoms with E-state index in [0.717, 1.165) is 11.4 Å². The van der Waals surface area contributed by atoms with Gasteiger partial charge in [-0.2, -0.15) is 0 Å². The first-order valence-electron chi connectivity index (χ1n) is 19.9. The first-order valence-corrected chi connectivity index (χ1v) is 19.9. The quantitative estimate of drug-likeness (QED) is 0.160. The van der Waals surface area contributed by atoms with Crippen molar-refractivity contribution in [2.45, 2.75) is 38.0 Å². The van der Waals surface area contributed by atoms with E-state index >= 15 is 0 Å². The molecule has 1 heteroatoms. The molecule has 1 fully saturated rings. The second-order valence-electron chi connectivity index (χ2n) is 15.0. The molecular formula is C54H43N. The lowest BCUT2D eigenvalue weighted by Gasteiger charge is -2.31. The Labute approximate surface area is 324 Å². The highest BCUT2D eigenvalue weighted by Crippen LogP contribution is 2.50. The van der Waals surface area contributed by atoms with E-state index in [4.69, 9.17) is 0 Å². The van der Waals surface area contributed by atoms with Crippen LogP contribution in [0.4, 0.5) is 17.1 Å². The summed E-state index contributed by atoms with van der Waals surface area (Å²) in [4.78, 5) is 2.54. The van der Waals surface area contributed by atoms with Gasteiger partial charge in [0, 0.05) is 16.5 Å². The Morgan fingerprint density at radius 3 is 1.51 bits per heavy atom. The topological polar surface area (TPSA) is 3.24 Å². The van der Waals surface area contributed by atoms with Gasteiger partial charge in [-0.3, -0.25) is 0 Å². The number of nitrogens with zero attached hydrogens (tertiary/aromatic N) is 1. The molecule has 9 aromatic rings. The zero-order valence-corrected chi connectivity index (χ0v) is 31.0. The normalized spacial score (nSPS) is 13.4. The number of fused-ring (bicyclic) bond motifs is 3. The summed E-state index contributed by atoms with van der Waals surface area (Å²) in [6.45, 7) is 0. The van der Waals surface area contributed by atoms with Crippen LogP contribution in [0.15, 0.2) is 194 Å². The smallest absolute Gasteiger partial charge is 0.0540 e. The predicted molar refractivity (Wildman–Crippen MR) is 236 cm³/mol. The molecule has 1 saturated carbocycles. The lowest BCUT2D eigenvalue weighted by atomic mass is 9.80. The van der Waals surface area contributed by atoms with Crippen LogP contribution in [0.2, 0.25) is 0 Å². The molecule has 0 spiro atoms. The van der Waals surface area contributed by atoms with Crippen LogP contribution >= 0.6 is 0 Å². The maximum Gasteiger partial charge on any atom is 0.0540 e. The first kappa shape index (κ1) is 33.2. The third-order valence-electron chi connectivity index (χ3n) is 11.8. The summed E-state index contributed by atoms with van der Waals surface area (Å²) in [6, 6.07) is 71.8. The van der Waals surface area contributed by atoms with Crippen molar-refractivity contribution in [1.29, 1.82) is 0 Å². The van der Waals surface area contributed by atoms with Crippen molar-refractivity contribution in [2.75, 3.05) is 4.90 Å². The van der Waals surface area contributed by atoms with E-state index in [1.165, 1.54) is 109 Å². The minimum atomic E-state index is 0.589. The lowest BCUT2D eigenvalue weighted by molar-refractivity contribution is 0.445. The Bertz CT molecular complexity index is 2790. The van der Waals surface area contributed by atoms with Gasteiger partial charge in [-0.05, 0) is 91.7 Å². The minimum absolute atomic E-state index is 0.589. The van der Waals surface area contributed by atoms with Crippen LogP contribution < -0.4 is 4.90 Å². The molecule has 0 N–H and O–H groups in total. The Morgan fingerprint density at radius 2 is 0.800 bits per heavy atom. The first-order chi connectivity index (χ1) is 27.3. The van der Waals surface area contributed by atoms with Crippen molar-refractivity contribution < 1.29 is 0 Å². The van der Waals surface area contributed by atoms with E-state index in [-0.39, 0.29) is 0 Å². The number of rotatable bonds is 7. The van der Waals surface area contributed by atoms with Gasteiger partial charge in [0.15, 0.2) is 0 Å². The number of hydrogen-bond donors (Lipinski definition) is 0. The summed E-state index contributed by atoms with van der Waals surface area (Å²) < 4.78 is 0. The largest absolute Gasteiger partial charge is 0.309 e. The molecule has 1 aliphatic rings. The van der Waals surface area contributed by atoms with Crippen LogP contribution in [-0.4, -0.2) is 0 Å². The standard InChI is InChI=1S/C54H43N/c1-3-18-39(19-4-1)44-31-13-24-41-26-15-33-48(53(41)44)46-29-9-11-35-51(46)55(50-37-17-23-38-22-7-8-28-43(38)50)52-36-12-10-30-47(52)49-34-16-27-42-25-14-32-45(54(42)49)40-20-5-2-6-21-40/h1,3-4,7-19,22-37,40H,2,5-6,20-21H2. The van der Waals surface area contributed by atoms with Gasteiger partial charge in [0.05, 0.1) is 17.1 Å². The van der Waals surface area contributed by atoms with E-state index in [1.54, 1.807) is 0 Å². The minimum Gasteiger partial charge on any atom is -0.309 e. The molecule has 10 rings (SSSR count). The number of benzene rings is 9. The molecule has 0 bridgehead atoms. The van der Waals surface area contributed by atoms with Gasteiger partial charge in [-0.15, -0.1) is 0 Å². The van der Waals surface area contributed by atoms with Crippen molar-refractivity contribution >= 4 is 49.4 Å². The molecule has 1 nitrogen and oxygen atoms in total. The van der Waals surface area contributed by atoms with Gasteiger partial charge in [-0.1, -0.05) is 195 Å². The van der Waals surface area contributed by atoms with Crippen LogP contribution in [0.1, 0.15) is 43.6 Å². The van der Waals surface area contributed by atoms with Crippen LogP contribution in [0.25, 0.3) is 65.7 Å². The van der Waals surface area contributed by atoms with E-state index in [9.17, 15) is 0 Å². The summed E-state index contributed by atoms with van der Waals surface area (Å²) in [5, 5.41) is 7.66. The summed E-state index contributed by atoms with van der Waals surface area (Å²) in [6.07, 6.45) is 6.50. The SMILES string of the molecule is c1ccc(-c2cccc3cccc(-c4ccccc4N(c4ccccc4-c4cccc5cccc(C6CCCCC6)c45)c4cccc5ccccc45)c23)cc1. The van der Waals surface area contributed by atoms with E-state index < -0.39 is 0 Å². The predicted octanol–water partition coefficient (Wildman–Crippen LogP) is 15.7. The lowest BCUT2D eigenvalue weighted by Crippen LogP contribution is -2.13. The average molecular weight is 706 g/mol. The summed E-state index contributed by atoms with van der Waals surface area (Å²) >= 11 is 0. The van der Waals surface area contributed by atoms with Gasteiger partial charge in [0.2, 0.25) is 0 Å². The number of anilines is 3. The molecule has 9 aromatic carbocycles. The highest BCUT2D eigenvalue weighted by atomic mass is 15.1. The second-order valence-corrected chi connectivity index (χ2v) is 15.0. The highest BCUT2D eigenvalue weighted by Gasteiger charge is 2.25. The molecule has 0 atom stereocenters. The monoisotopic (exact) mass is 705 g/mol. The van der Waals surface area contributed by atoms with Crippen molar-refractivity contribution in [3.05, 3.63) is 200 Å². The Balaban J connectivity index is 1.26. The third kappa shape index (κ3) is 5.97. The van der Waals surface area contributed by atoms with Crippen molar-refractivity contribution in [3.63, 3.8) is 0 Å². The summed E-state index contributed by atoms with van der Waals surface area (Å²) in [7, 11) is 0. The molecule has 264 valence electrons. The van der Waals surface area contributed by atoms with Gasteiger partial charge < -0.3 is 4.90 Å². The zero-order valence-electron chi connectivity index (χ0n) is 31.0. The fraction of sp³-hybridized carbons (Fsp3) is 0.111. The summed E-state index contributed by atoms with van der Waals surface area (Å²) in [5.41, 5.74) is 12.4. The fourth-order valence-corrected chi connectivity index (χ4v) is 9.36. The Morgan fingerprint density at radius 1 is 0.327 bits per heavy atom. The van der Waals surface area contributed by atoms with E-state index in [2.05, 4.69) is 199 Å². The fourth-order valence-electron chi connectivity index (χ4n) is 9.36. The Hall–Kier alpha value is -6.44. The molecule has 1 aliphatic carbocycles. The molecule has 0 saturated heterocycles. The van der Waals surface area contributed by atoms with Crippen LogP contribution in [-0.2, 0) is 0 Å². The maximum atomic E-state index is 2.54.